The number of hydrogen-bond donors (Lipinski definition) is 3. The second kappa shape index (κ2) is 6.19. The predicted molar refractivity (Wildman–Crippen MR) is 81.0 cm³/mol. The van der Waals surface area contributed by atoms with E-state index in [-0.39, 0.29) is 5.56 Å². The summed E-state index contributed by atoms with van der Waals surface area (Å²) in [6.45, 7) is 0. The first-order valence-electron chi connectivity index (χ1n) is 6.52. The highest BCUT2D eigenvalue weighted by Crippen LogP contribution is 2.29. The van der Waals surface area contributed by atoms with Crippen LogP contribution in [0.3, 0.4) is 0 Å². The summed E-state index contributed by atoms with van der Waals surface area (Å²) in [4.78, 5) is 10.9. The monoisotopic (exact) mass is 280 g/mol. The molecule has 4 N–H and O–H groups in total. The van der Waals surface area contributed by atoms with E-state index < -0.39 is 5.97 Å². The summed E-state index contributed by atoms with van der Waals surface area (Å²) < 4.78 is 0. The SMILES string of the molecule is CSC1CCC(Nc2ccc(C(=O)O)c(N)c2)CC1. The highest BCUT2D eigenvalue weighted by atomic mass is 32.2. The third kappa shape index (κ3) is 3.56. The van der Waals surface area contributed by atoms with Gasteiger partial charge in [0, 0.05) is 22.7 Å². The molecule has 0 saturated heterocycles. The quantitative estimate of drug-likeness (QED) is 0.739. The van der Waals surface area contributed by atoms with E-state index in [2.05, 4.69) is 11.6 Å². The van der Waals surface area contributed by atoms with Crippen molar-refractivity contribution in [2.75, 3.05) is 17.3 Å². The van der Waals surface area contributed by atoms with Crippen LogP contribution < -0.4 is 11.1 Å². The maximum Gasteiger partial charge on any atom is 0.337 e. The molecule has 1 aromatic carbocycles. The minimum Gasteiger partial charge on any atom is -0.478 e. The van der Waals surface area contributed by atoms with Gasteiger partial charge in [-0.2, -0.15) is 11.8 Å². The fourth-order valence-corrected chi connectivity index (χ4v) is 3.27. The van der Waals surface area contributed by atoms with Gasteiger partial charge >= 0.3 is 5.97 Å². The van der Waals surface area contributed by atoms with Crippen molar-refractivity contribution < 1.29 is 9.90 Å². The number of nitrogen functional groups attached to an aromatic ring is 1. The van der Waals surface area contributed by atoms with Crippen molar-refractivity contribution in [2.24, 2.45) is 0 Å². The second-order valence-electron chi connectivity index (χ2n) is 4.96. The van der Waals surface area contributed by atoms with Crippen molar-refractivity contribution in [3.05, 3.63) is 23.8 Å². The summed E-state index contributed by atoms with van der Waals surface area (Å²) in [5, 5.41) is 13.2. The number of thioether (sulfide) groups is 1. The van der Waals surface area contributed by atoms with Crippen LogP contribution in [0.2, 0.25) is 0 Å². The van der Waals surface area contributed by atoms with Gasteiger partial charge in [0.2, 0.25) is 0 Å². The number of rotatable bonds is 4. The van der Waals surface area contributed by atoms with Gasteiger partial charge in [-0.05, 0) is 50.1 Å². The minimum atomic E-state index is -0.982. The van der Waals surface area contributed by atoms with Gasteiger partial charge in [-0.1, -0.05) is 0 Å². The third-order valence-electron chi connectivity index (χ3n) is 3.66. The Morgan fingerprint density at radius 3 is 2.58 bits per heavy atom. The third-order valence-corrected chi connectivity index (χ3v) is 4.80. The summed E-state index contributed by atoms with van der Waals surface area (Å²) >= 11 is 1.95. The maximum absolute atomic E-state index is 10.9. The van der Waals surface area contributed by atoms with Gasteiger partial charge in [0.15, 0.2) is 0 Å². The Balaban J connectivity index is 1.97. The molecule has 0 bridgehead atoms. The van der Waals surface area contributed by atoms with E-state index in [9.17, 15) is 4.79 Å². The first kappa shape index (κ1) is 14.1. The van der Waals surface area contributed by atoms with Crippen LogP contribution in [0.25, 0.3) is 0 Å². The Morgan fingerprint density at radius 1 is 1.37 bits per heavy atom. The Bertz CT molecular complexity index is 457. The number of anilines is 2. The lowest BCUT2D eigenvalue weighted by Crippen LogP contribution is -2.27. The summed E-state index contributed by atoms with van der Waals surface area (Å²) in [6, 6.07) is 5.54. The number of carbonyl (C=O) groups is 1. The fraction of sp³-hybridized carbons (Fsp3) is 0.500. The molecule has 1 saturated carbocycles. The van der Waals surface area contributed by atoms with Crippen molar-refractivity contribution in [1.29, 1.82) is 0 Å². The summed E-state index contributed by atoms with van der Waals surface area (Å²) in [5.74, 6) is -0.982. The van der Waals surface area contributed by atoms with E-state index in [1.165, 1.54) is 12.8 Å². The Kier molecular flexibility index (Phi) is 4.58. The highest BCUT2D eigenvalue weighted by molar-refractivity contribution is 7.99. The van der Waals surface area contributed by atoms with Crippen LogP contribution in [0.15, 0.2) is 18.2 Å². The standard InChI is InChI=1S/C14H20N2O2S/c1-19-11-5-2-9(3-6-11)16-10-4-7-12(14(17)18)13(15)8-10/h4,7-9,11,16H,2-3,5-6,15H2,1H3,(H,17,18). The second-order valence-corrected chi connectivity index (χ2v) is 6.10. The van der Waals surface area contributed by atoms with Crippen LogP contribution in [0, 0.1) is 0 Å². The summed E-state index contributed by atoms with van der Waals surface area (Å²) in [5.41, 5.74) is 7.14. The lowest BCUT2D eigenvalue weighted by molar-refractivity contribution is 0.0698. The van der Waals surface area contributed by atoms with Crippen LogP contribution in [0.5, 0.6) is 0 Å². The number of carboxylic acid groups (broad SMARTS) is 1. The molecule has 0 atom stereocenters. The molecule has 19 heavy (non-hydrogen) atoms. The largest absolute Gasteiger partial charge is 0.478 e. The first-order valence-corrected chi connectivity index (χ1v) is 7.81. The number of hydrogen-bond acceptors (Lipinski definition) is 4. The van der Waals surface area contributed by atoms with Crippen LogP contribution in [0.4, 0.5) is 11.4 Å². The van der Waals surface area contributed by atoms with Crippen molar-refractivity contribution in [3.8, 4) is 0 Å². The Labute approximate surface area is 117 Å². The zero-order valence-electron chi connectivity index (χ0n) is 11.1. The van der Waals surface area contributed by atoms with E-state index in [1.54, 1.807) is 18.2 Å². The average Bonchev–Trinajstić information content (AvgIpc) is 2.39. The van der Waals surface area contributed by atoms with Crippen LogP contribution >= 0.6 is 11.8 Å². The van der Waals surface area contributed by atoms with Crippen molar-refractivity contribution in [1.82, 2.24) is 0 Å². The lowest BCUT2D eigenvalue weighted by Gasteiger charge is -2.28. The molecule has 5 heteroatoms. The zero-order valence-corrected chi connectivity index (χ0v) is 11.9. The lowest BCUT2D eigenvalue weighted by atomic mass is 9.94. The zero-order chi connectivity index (χ0) is 13.8. The van der Waals surface area contributed by atoms with E-state index in [0.717, 1.165) is 23.8 Å². The number of nitrogens with one attached hydrogen (secondary N) is 1. The normalized spacial score (nSPS) is 23.0. The number of benzene rings is 1. The molecule has 0 aromatic heterocycles. The molecule has 4 nitrogen and oxygen atoms in total. The topological polar surface area (TPSA) is 75.3 Å². The minimum absolute atomic E-state index is 0.164. The molecular formula is C14H20N2O2S. The fourth-order valence-electron chi connectivity index (χ4n) is 2.53. The summed E-state index contributed by atoms with van der Waals surface area (Å²) in [6.07, 6.45) is 6.96. The maximum atomic E-state index is 10.9. The van der Waals surface area contributed by atoms with Gasteiger partial charge in [0.05, 0.1) is 5.56 Å². The van der Waals surface area contributed by atoms with E-state index in [4.69, 9.17) is 10.8 Å². The molecule has 0 unspecified atom stereocenters. The molecule has 0 heterocycles. The van der Waals surface area contributed by atoms with Crippen LogP contribution in [-0.4, -0.2) is 28.6 Å². The molecule has 1 aliphatic carbocycles. The molecule has 1 aliphatic rings. The van der Waals surface area contributed by atoms with E-state index in [1.807, 2.05) is 11.8 Å². The Hall–Kier alpha value is -1.36. The van der Waals surface area contributed by atoms with Gasteiger partial charge in [-0.15, -0.1) is 0 Å². The van der Waals surface area contributed by atoms with Crippen LogP contribution in [-0.2, 0) is 0 Å². The van der Waals surface area contributed by atoms with Crippen molar-refractivity contribution in [2.45, 2.75) is 37.0 Å². The number of nitrogens with two attached hydrogens (primary N) is 1. The van der Waals surface area contributed by atoms with Crippen molar-refractivity contribution in [3.63, 3.8) is 0 Å². The average molecular weight is 280 g/mol. The first-order chi connectivity index (χ1) is 9.10. The van der Waals surface area contributed by atoms with Crippen LogP contribution in [0.1, 0.15) is 36.0 Å². The molecule has 1 aromatic rings. The molecular weight excluding hydrogens is 260 g/mol. The molecule has 1 fully saturated rings. The van der Waals surface area contributed by atoms with E-state index in [0.29, 0.717) is 11.7 Å². The Morgan fingerprint density at radius 2 is 2.05 bits per heavy atom. The molecule has 2 rings (SSSR count). The molecule has 0 spiro atoms. The molecule has 104 valence electrons. The van der Waals surface area contributed by atoms with E-state index >= 15 is 0 Å². The molecule has 0 radical (unpaired) electrons. The predicted octanol–water partition coefficient (Wildman–Crippen LogP) is 3.05. The van der Waals surface area contributed by atoms with Gasteiger partial charge in [0.1, 0.15) is 0 Å². The van der Waals surface area contributed by atoms with Gasteiger partial charge in [0.25, 0.3) is 0 Å². The van der Waals surface area contributed by atoms with Gasteiger partial charge in [-0.3, -0.25) is 0 Å². The van der Waals surface area contributed by atoms with Crippen molar-refractivity contribution >= 4 is 29.1 Å². The highest BCUT2D eigenvalue weighted by Gasteiger charge is 2.20. The van der Waals surface area contributed by atoms with Gasteiger partial charge < -0.3 is 16.2 Å². The number of carboxylic acids is 1. The molecule has 0 aliphatic heterocycles. The molecule has 0 amide bonds. The number of aromatic carboxylic acids is 1. The summed E-state index contributed by atoms with van der Waals surface area (Å²) in [7, 11) is 0. The van der Waals surface area contributed by atoms with Gasteiger partial charge in [-0.25, -0.2) is 4.79 Å². The smallest absolute Gasteiger partial charge is 0.337 e.